The Hall–Kier alpha value is -1.93. The van der Waals surface area contributed by atoms with E-state index in [1.165, 1.54) is 11.3 Å². The number of anilines is 1. The molecule has 3 heterocycles. The number of carbonyl (C=O) groups is 1. The van der Waals surface area contributed by atoms with Crippen molar-refractivity contribution in [2.45, 2.75) is 26.8 Å². The van der Waals surface area contributed by atoms with Gasteiger partial charge in [-0.05, 0) is 20.8 Å². The molecule has 2 N–H and O–H groups in total. The van der Waals surface area contributed by atoms with Crippen molar-refractivity contribution in [3.63, 3.8) is 0 Å². The Morgan fingerprint density at radius 2 is 2.27 bits per heavy atom. The Morgan fingerprint density at radius 3 is 3.00 bits per heavy atom. The number of nitrogens with zero attached hydrogens (tertiary/aromatic N) is 3. The lowest BCUT2D eigenvalue weighted by Gasteiger charge is -2.10. The summed E-state index contributed by atoms with van der Waals surface area (Å²) in [5, 5.41) is 8.89. The van der Waals surface area contributed by atoms with Crippen LogP contribution in [0.25, 0.3) is 4.96 Å². The Kier molecular flexibility index (Phi) is 4.12. The van der Waals surface area contributed by atoms with Crippen LogP contribution in [0.1, 0.15) is 40.9 Å². The van der Waals surface area contributed by atoms with Crippen molar-refractivity contribution >= 4 is 38.7 Å². The molecular weight excluding hydrogens is 318 g/mol. The third kappa shape index (κ3) is 2.84. The predicted octanol–water partition coefficient (Wildman–Crippen LogP) is 3.08. The second-order valence-corrected chi connectivity index (χ2v) is 6.79. The van der Waals surface area contributed by atoms with Crippen LogP contribution in [-0.2, 0) is 0 Å². The number of aryl methyl sites for hydroxylation is 1. The van der Waals surface area contributed by atoms with Gasteiger partial charge in [-0.2, -0.15) is 0 Å². The molecule has 1 atom stereocenters. The number of aromatic nitrogens is 3. The van der Waals surface area contributed by atoms with Crippen LogP contribution in [0.15, 0.2) is 17.8 Å². The fraction of sp³-hybridized carbons (Fsp3) is 0.357. The highest BCUT2D eigenvalue weighted by Crippen LogP contribution is 2.23. The first-order chi connectivity index (χ1) is 10.6. The van der Waals surface area contributed by atoms with E-state index in [-0.39, 0.29) is 11.9 Å². The molecule has 0 spiro atoms. The van der Waals surface area contributed by atoms with E-state index in [0.29, 0.717) is 4.88 Å². The van der Waals surface area contributed by atoms with E-state index in [0.717, 1.165) is 28.0 Å². The molecule has 0 saturated carbocycles. The van der Waals surface area contributed by atoms with Crippen LogP contribution in [0.3, 0.4) is 0 Å². The maximum Gasteiger partial charge on any atom is 0.263 e. The lowest BCUT2D eigenvalue weighted by Crippen LogP contribution is -2.26. The molecule has 0 aliphatic carbocycles. The van der Waals surface area contributed by atoms with Gasteiger partial charge in [0.15, 0.2) is 10.1 Å². The van der Waals surface area contributed by atoms with E-state index in [1.54, 1.807) is 11.3 Å². The van der Waals surface area contributed by atoms with Crippen LogP contribution in [0.5, 0.6) is 0 Å². The average molecular weight is 335 g/mol. The fourth-order valence-corrected chi connectivity index (χ4v) is 3.77. The lowest BCUT2D eigenvalue weighted by molar-refractivity contribution is 0.0942. The maximum atomic E-state index is 12.4. The van der Waals surface area contributed by atoms with Gasteiger partial charge >= 0.3 is 0 Å². The van der Waals surface area contributed by atoms with Gasteiger partial charge in [-0.25, -0.2) is 9.97 Å². The molecule has 0 bridgehead atoms. The number of amides is 1. The SMILES string of the molecule is CCNc1nc(C)c(C(=O)NC(C)c2cn3ccsc3n2)s1. The number of nitrogens with one attached hydrogen (secondary N) is 2. The summed E-state index contributed by atoms with van der Waals surface area (Å²) in [6.07, 6.45) is 3.90. The highest BCUT2D eigenvalue weighted by Gasteiger charge is 2.19. The van der Waals surface area contributed by atoms with Gasteiger partial charge in [-0.1, -0.05) is 11.3 Å². The summed E-state index contributed by atoms with van der Waals surface area (Å²) < 4.78 is 1.96. The van der Waals surface area contributed by atoms with E-state index < -0.39 is 0 Å². The number of imidazole rings is 1. The number of hydrogen-bond donors (Lipinski definition) is 2. The van der Waals surface area contributed by atoms with Crippen molar-refractivity contribution in [3.8, 4) is 0 Å². The molecule has 0 aliphatic heterocycles. The van der Waals surface area contributed by atoms with Crippen molar-refractivity contribution in [3.05, 3.63) is 34.0 Å². The number of rotatable bonds is 5. The van der Waals surface area contributed by atoms with Gasteiger partial charge in [0.2, 0.25) is 0 Å². The van der Waals surface area contributed by atoms with E-state index in [2.05, 4.69) is 20.6 Å². The van der Waals surface area contributed by atoms with E-state index in [4.69, 9.17) is 0 Å². The molecule has 0 fully saturated rings. The third-order valence-corrected chi connectivity index (χ3v) is 5.12. The van der Waals surface area contributed by atoms with Crippen molar-refractivity contribution in [1.82, 2.24) is 19.7 Å². The molecule has 3 rings (SSSR count). The number of fused-ring (bicyclic) bond motifs is 1. The highest BCUT2D eigenvalue weighted by atomic mass is 32.1. The summed E-state index contributed by atoms with van der Waals surface area (Å²) in [4.78, 5) is 22.9. The van der Waals surface area contributed by atoms with Crippen LogP contribution in [0.2, 0.25) is 0 Å². The summed E-state index contributed by atoms with van der Waals surface area (Å²) in [5.41, 5.74) is 1.60. The van der Waals surface area contributed by atoms with Gasteiger partial charge in [-0.15, -0.1) is 11.3 Å². The van der Waals surface area contributed by atoms with Crippen molar-refractivity contribution in [2.75, 3.05) is 11.9 Å². The van der Waals surface area contributed by atoms with Crippen LogP contribution in [-0.4, -0.2) is 26.8 Å². The minimum Gasteiger partial charge on any atom is -0.362 e. The first-order valence-electron chi connectivity index (χ1n) is 7.02. The standard InChI is InChI=1S/C14H17N5OS2/c1-4-15-13-17-9(3)11(22-13)12(20)16-8(2)10-7-19-5-6-21-14(19)18-10/h5-8H,4H2,1-3H3,(H,15,17)(H,16,20). The maximum absolute atomic E-state index is 12.4. The first-order valence-corrected chi connectivity index (χ1v) is 8.72. The highest BCUT2D eigenvalue weighted by molar-refractivity contribution is 7.17. The summed E-state index contributed by atoms with van der Waals surface area (Å²) in [6, 6.07) is -0.149. The molecule has 3 aromatic rings. The van der Waals surface area contributed by atoms with Crippen LogP contribution in [0, 0.1) is 6.92 Å². The van der Waals surface area contributed by atoms with Gasteiger partial charge in [0.1, 0.15) is 4.88 Å². The Balaban J connectivity index is 1.74. The molecule has 0 aliphatic rings. The van der Waals surface area contributed by atoms with E-state index in [9.17, 15) is 4.79 Å². The van der Waals surface area contributed by atoms with Crippen LogP contribution in [0.4, 0.5) is 5.13 Å². The number of hydrogen-bond acceptors (Lipinski definition) is 6. The van der Waals surface area contributed by atoms with Crippen molar-refractivity contribution in [2.24, 2.45) is 0 Å². The zero-order valence-electron chi connectivity index (χ0n) is 12.6. The van der Waals surface area contributed by atoms with E-state index in [1.807, 2.05) is 42.9 Å². The fourth-order valence-electron chi connectivity index (χ4n) is 2.12. The second-order valence-electron chi connectivity index (χ2n) is 4.92. The number of carbonyl (C=O) groups excluding carboxylic acids is 1. The monoisotopic (exact) mass is 335 g/mol. The minimum absolute atomic E-state index is 0.108. The summed E-state index contributed by atoms with van der Waals surface area (Å²) in [7, 11) is 0. The quantitative estimate of drug-likeness (QED) is 0.752. The molecular formula is C14H17N5OS2. The van der Waals surface area contributed by atoms with Crippen LogP contribution >= 0.6 is 22.7 Å². The molecule has 1 unspecified atom stereocenters. The zero-order valence-corrected chi connectivity index (χ0v) is 14.2. The second kappa shape index (κ2) is 6.05. The largest absolute Gasteiger partial charge is 0.362 e. The van der Waals surface area contributed by atoms with Gasteiger partial charge in [0.25, 0.3) is 5.91 Å². The molecule has 8 heteroatoms. The smallest absolute Gasteiger partial charge is 0.263 e. The van der Waals surface area contributed by atoms with Crippen molar-refractivity contribution < 1.29 is 4.79 Å². The summed E-state index contributed by atoms with van der Waals surface area (Å²) in [6.45, 7) is 6.58. The minimum atomic E-state index is -0.149. The lowest BCUT2D eigenvalue weighted by atomic mass is 10.2. The molecule has 3 aromatic heterocycles. The normalized spacial score (nSPS) is 12.5. The predicted molar refractivity (Wildman–Crippen MR) is 90.0 cm³/mol. The Bertz CT molecular complexity index is 775. The average Bonchev–Trinajstić information content (AvgIpc) is 3.12. The Labute approximate surface area is 136 Å². The summed E-state index contributed by atoms with van der Waals surface area (Å²) >= 11 is 2.95. The van der Waals surface area contributed by atoms with Gasteiger partial charge in [-0.3, -0.25) is 9.20 Å². The zero-order chi connectivity index (χ0) is 15.7. The van der Waals surface area contributed by atoms with Gasteiger partial charge in [0.05, 0.1) is 17.4 Å². The molecule has 6 nitrogen and oxygen atoms in total. The topological polar surface area (TPSA) is 71.3 Å². The van der Waals surface area contributed by atoms with Crippen molar-refractivity contribution in [1.29, 1.82) is 0 Å². The molecule has 0 saturated heterocycles. The van der Waals surface area contributed by atoms with E-state index >= 15 is 0 Å². The third-order valence-electron chi connectivity index (χ3n) is 3.23. The molecule has 0 radical (unpaired) electrons. The van der Waals surface area contributed by atoms with Crippen LogP contribution < -0.4 is 10.6 Å². The molecule has 116 valence electrons. The summed E-state index contributed by atoms with van der Waals surface area (Å²) in [5.74, 6) is -0.108. The Morgan fingerprint density at radius 1 is 1.45 bits per heavy atom. The van der Waals surface area contributed by atoms with Gasteiger partial charge in [0, 0.05) is 24.3 Å². The number of thiazole rings is 2. The molecule has 1 amide bonds. The molecule has 22 heavy (non-hydrogen) atoms. The molecule has 0 aromatic carbocycles. The van der Waals surface area contributed by atoms with Gasteiger partial charge < -0.3 is 10.6 Å². The first kappa shape index (κ1) is 15.0.